The van der Waals surface area contributed by atoms with Crippen LogP contribution in [0.3, 0.4) is 0 Å². The van der Waals surface area contributed by atoms with Crippen LogP contribution in [0.1, 0.15) is 22.5 Å². The number of hydrogen-bond donors (Lipinski definition) is 1. The zero-order valence-corrected chi connectivity index (χ0v) is 11.7. The largest absolute Gasteiger partial charge is 0.433 e. The number of alkyl halides is 3. The third-order valence-corrected chi connectivity index (χ3v) is 5.03. The van der Waals surface area contributed by atoms with E-state index in [9.17, 15) is 26.4 Å². The molecule has 116 valence electrons. The van der Waals surface area contributed by atoms with E-state index >= 15 is 0 Å². The van der Waals surface area contributed by atoms with Crippen LogP contribution in [0.15, 0.2) is 18.3 Å². The van der Waals surface area contributed by atoms with Crippen molar-refractivity contribution in [1.29, 1.82) is 0 Å². The van der Waals surface area contributed by atoms with E-state index in [2.05, 4.69) is 10.3 Å². The summed E-state index contributed by atoms with van der Waals surface area (Å²) in [5, 5.41) is 2.51. The van der Waals surface area contributed by atoms with E-state index < -0.39 is 27.6 Å². The fourth-order valence-corrected chi connectivity index (χ4v) is 3.93. The van der Waals surface area contributed by atoms with Gasteiger partial charge in [-0.2, -0.15) is 13.2 Å². The predicted molar refractivity (Wildman–Crippen MR) is 68.3 cm³/mol. The van der Waals surface area contributed by atoms with E-state index in [0.29, 0.717) is 6.42 Å². The van der Waals surface area contributed by atoms with E-state index in [-0.39, 0.29) is 29.5 Å². The average molecular weight is 322 g/mol. The summed E-state index contributed by atoms with van der Waals surface area (Å²) in [4.78, 5) is 14.9. The normalized spacial score (nSPS) is 21.2. The Morgan fingerprint density at radius 2 is 2.10 bits per heavy atom. The second-order valence-corrected chi connectivity index (χ2v) is 7.14. The molecule has 1 amide bonds. The molecule has 2 rings (SSSR count). The summed E-state index contributed by atoms with van der Waals surface area (Å²) in [6.07, 6.45) is -3.22. The first-order chi connectivity index (χ1) is 9.67. The Bertz CT molecular complexity index is 626. The molecule has 0 radical (unpaired) electrons. The molecule has 5 nitrogen and oxygen atoms in total. The third-order valence-electron chi connectivity index (χ3n) is 3.19. The van der Waals surface area contributed by atoms with Gasteiger partial charge in [0.1, 0.15) is 5.69 Å². The van der Waals surface area contributed by atoms with Gasteiger partial charge in [0, 0.05) is 12.7 Å². The fraction of sp³-hybridized carbons (Fsp3) is 0.500. The number of hydrogen-bond acceptors (Lipinski definition) is 4. The molecular weight excluding hydrogens is 309 g/mol. The van der Waals surface area contributed by atoms with Crippen LogP contribution < -0.4 is 5.32 Å². The van der Waals surface area contributed by atoms with Gasteiger partial charge in [-0.15, -0.1) is 0 Å². The van der Waals surface area contributed by atoms with Gasteiger partial charge in [0.05, 0.1) is 17.1 Å². The topological polar surface area (TPSA) is 76.1 Å². The molecule has 1 fully saturated rings. The molecule has 2 heterocycles. The molecule has 0 spiro atoms. The summed E-state index contributed by atoms with van der Waals surface area (Å²) in [5.41, 5.74) is -1.07. The molecular formula is C12H13F3N2O3S. The zero-order chi connectivity index (χ0) is 15.7. The summed E-state index contributed by atoms with van der Waals surface area (Å²) in [5.74, 6) is -0.588. The number of carbonyl (C=O) groups is 1. The number of pyridine rings is 1. The van der Waals surface area contributed by atoms with Crippen molar-refractivity contribution in [1.82, 2.24) is 10.3 Å². The van der Waals surface area contributed by atoms with E-state index in [1.54, 1.807) is 0 Å². The number of halogens is 3. The van der Waals surface area contributed by atoms with Crippen LogP contribution >= 0.6 is 0 Å². The van der Waals surface area contributed by atoms with Crippen molar-refractivity contribution in [3.8, 4) is 0 Å². The summed E-state index contributed by atoms with van der Waals surface area (Å²) >= 11 is 0. The molecule has 1 aromatic heterocycles. The van der Waals surface area contributed by atoms with Crippen molar-refractivity contribution in [3.63, 3.8) is 0 Å². The molecule has 1 aliphatic rings. The van der Waals surface area contributed by atoms with E-state index in [4.69, 9.17) is 0 Å². The molecule has 9 heteroatoms. The van der Waals surface area contributed by atoms with Gasteiger partial charge < -0.3 is 5.32 Å². The lowest BCUT2D eigenvalue weighted by Crippen LogP contribution is -2.30. The minimum atomic E-state index is -4.55. The molecule has 0 saturated carbocycles. The van der Waals surface area contributed by atoms with Crippen molar-refractivity contribution >= 4 is 15.7 Å². The number of nitrogens with zero attached hydrogens (tertiary/aromatic N) is 1. The number of amides is 1. The van der Waals surface area contributed by atoms with Gasteiger partial charge >= 0.3 is 6.18 Å². The minimum absolute atomic E-state index is 0.00357. The van der Waals surface area contributed by atoms with Crippen molar-refractivity contribution < 1.29 is 26.4 Å². The number of rotatable bonds is 3. The highest BCUT2D eigenvalue weighted by atomic mass is 32.2. The SMILES string of the molecule is O=C(NC[C@@H]1CCS(=O)(=O)C1)c1ccc(C(F)(F)F)nc1. The highest BCUT2D eigenvalue weighted by molar-refractivity contribution is 7.91. The number of sulfone groups is 1. The Morgan fingerprint density at radius 3 is 2.57 bits per heavy atom. The number of aromatic nitrogens is 1. The average Bonchev–Trinajstić information content (AvgIpc) is 2.75. The zero-order valence-electron chi connectivity index (χ0n) is 10.9. The van der Waals surface area contributed by atoms with Crippen LogP contribution in [0.25, 0.3) is 0 Å². The van der Waals surface area contributed by atoms with E-state index in [1.807, 2.05) is 0 Å². The Kier molecular flexibility index (Phi) is 4.22. The lowest BCUT2D eigenvalue weighted by atomic mass is 10.1. The van der Waals surface area contributed by atoms with Crippen molar-refractivity contribution in [2.75, 3.05) is 18.1 Å². The Labute approximate surface area is 119 Å². The first-order valence-electron chi connectivity index (χ1n) is 6.19. The number of nitrogens with one attached hydrogen (secondary N) is 1. The highest BCUT2D eigenvalue weighted by Crippen LogP contribution is 2.27. The van der Waals surface area contributed by atoms with Crippen LogP contribution in [0.4, 0.5) is 13.2 Å². The lowest BCUT2D eigenvalue weighted by Gasteiger charge is -2.10. The summed E-state index contributed by atoms with van der Waals surface area (Å²) < 4.78 is 59.5. The monoisotopic (exact) mass is 322 g/mol. The Morgan fingerprint density at radius 1 is 1.38 bits per heavy atom. The van der Waals surface area contributed by atoms with Gasteiger partial charge in [-0.1, -0.05) is 0 Å². The van der Waals surface area contributed by atoms with Crippen molar-refractivity contribution in [2.24, 2.45) is 5.92 Å². The Balaban J connectivity index is 1.92. The molecule has 0 bridgehead atoms. The van der Waals surface area contributed by atoms with Gasteiger partial charge in [-0.25, -0.2) is 8.42 Å². The van der Waals surface area contributed by atoms with Crippen LogP contribution in [0, 0.1) is 5.92 Å². The second-order valence-electron chi connectivity index (χ2n) is 4.91. The quantitative estimate of drug-likeness (QED) is 0.909. The van der Waals surface area contributed by atoms with Crippen LogP contribution in [-0.4, -0.2) is 37.4 Å². The summed E-state index contributed by atoms with van der Waals surface area (Å²) in [6, 6.07) is 1.77. The molecule has 1 saturated heterocycles. The van der Waals surface area contributed by atoms with Crippen LogP contribution in [0.5, 0.6) is 0 Å². The van der Waals surface area contributed by atoms with Gasteiger partial charge in [0.2, 0.25) is 0 Å². The maximum absolute atomic E-state index is 12.3. The standard InChI is InChI=1S/C12H13F3N2O3S/c13-12(14,15)10-2-1-9(6-16-10)11(18)17-5-8-3-4-21(19,20)7-8/h1-2,6,8H,3-5,7H2,(H,17,18)/t8-/m0/s1. The molecule has 0 unspecified atom stereocenters. The molecule has 21 heavy (non-hydrogen) atoms. The fourth-order valence-electron chi connectivity index (χ4n) is 2.07. The Hall–Kier alpha value is -1.64. The minimum Gasteiger partial charge on any atom is -0.352 e. The molecule has 0 aliphatic carbocycles. The molecule has 1 aromatic rings. The van der Waals surface area contributed by atoms with Crippen molar-refractivity contribution in [3.05, 3.63) is 29.6 Å². The summed E-state index contributed by atoms with van der Waals surface area (Å²) in [7, 11) is -3.02. The maximum Gasteiger partial charge on any atom is 0.433 e. The van der Waals surface area contributed by atoms with Gasteiger partial charge in [0.15, 0.2) is 9.84 Å². The van der Waals surface area contributed by atoms with E-state index in [0.717, 1.165) is 18.3 Å². The van der Waals surface area contributed by atoms with Gasteiger partial charge in [-0.05, 0) is 24.5 Å². The molecule has 1 atom stereocenters. The molecule has 0 aromatic carbocycles. The predicted octanol–water partition coefficient (Wildman–Crippen LogP) is 1.26. The lowest BCUT2D eigenvalue weighted by molar-refractivity contribution is -0.141. The van der Waals surface area contributed by atoms with Crippen LogP contribution in [-0.2, 0) is 16.0 Å². The first-order valence-corrected chi connectivity index (χ1v) is 8.01. The van der Waals surface area contributed by atoms with Crippen molar-refractivity contribution in [2.45, 2.75) is 12.6 Å². The number of carbonyl (C=O) groups excluding carboxylic acids is 1. The van der Waals surface area contributed by atoms with Gasteiger partial charge in [-0.3, -0.25) is 9.78 Å². The van der Waals surface area contributed by atoms with Crippen LogP contribution in [0.2, 0.25) is 0 Å². The third kappa shape index (κ3) is 4.16. The smallest absolute Gasteiger partial charge is 0.352 e. The molecule has 1 N–H and O–H groups in total. The first kappa shape index (κ1) is 15.7. The summed E-state index contributed by atoms with van der Waals surface area (Å²) in [6.45, 7) is 0.180. The van der Waals surface area contributed by atoms with E-state index in [1.165, 1.54) is 0 Å². The van der Waals surface area contributed by atoms with Gasteiger partial charge in [0.25, 0.3) is 5.91 Å². The molecule has 1 aliphatic heterocycles. The maximum atomic E-state index is 12.3. The second kappa shape index (κ2) is 5.63. The highest BCUT2D eigenvalue weighted by Gasteiger charge is 2.32.